The number of imidazole rings is 1. The van der Waals surface area contributed by atoms with E-state index in [1.807, 2.05) is 6.20 Å². The molecule has 3 rings (SSSR count). The predicted octanol–water partition coefficient (Wildman–Crippen LogP) is 4.43. The fourth-order valence-electron chi connectivity index (χ4n) is 2.91. The molecule has 1 aliphatic heterocycles. The Balaban J connectivity index is 2.21. The largest absolute Gasteiger partial charge is 0.303 e. The molecule has 0 bridgehead atoms. The van der Waals surface area contributed by atoms with Crippen molar-refractivity contribution in [1.29, 1.82) is 0 Å². The van der Waals surface area contributed by atoms with E-state index in [1.165, 1.54) is 16.8 Å². The van der Waals surface area contributed by atoms with Crippen LogP contribution in [0.2, 0.25) is 0 Å². The van der Waals surface area contributed by atoms with Gasteiger partial charge in [-0.3, -0.25) is 0 Å². The van der Waals surface area contributed by atoms with Crippen LogP contribution in [0.25, 0.3) is 11.8 Å². The van der Waals surface area contributed by atoms with Gasteiger partial charge in [-0.2, -0.15) is 0 Å². The van der Waals surface area contributed by atoms with Crippen LogP contribution in [0.15, 0.2) is 30.0 Å². The lowest BCUT2D eigenvalue weighted by atomic mass is 9.83. The summed E-state index contributed by atoms with van der Waals surface area (Å²) in [5.41, 5.74) is 4.17. The van der Waals surface area contributed by atoms with Crippen LogP contribution in [-0.2, 0) is 5.41 Å². The van der Waals surface area contributed by atoms with Crippen LogP contribution in [0.1, 0.15) is 39.2 Å². The first-order valence-electron chi connectivity index (χ1n) is 6.68. The van der Waals surface area contributed by atoms with Gasteiger partial charge in [0.05, 0.1) is 0 Å². The summed E-state index contributed by atoms with van der Waals surface area (Å²) in [6.45, 7) is 8.95. The summed E-state index contributed by atoms with van der Waals surface area (Å²) in [7, 11) is 0. The Labute approximate surface area is 128 Å². The minimum atomic E-state index is 0.115. The van der Waals surface area contributed by atoms with Crippen LogP contribution in [-0.4, -0.2) is 13.5 Å². The van der Waals surface area contributed by atoms with Crippen molar-refractivity contribution in [3.63, 3.8) is 0 Å². The Morgan fingerprint density at radius 3 is 2.74 bits per heavy atom. The van der Waals surface area contributed by atoms with E-state index in [2.05, 4.69) is 84.3 Å². The van der Waals surface area contributed by atoms with E-state index in [1.54, 1.807) is 0 Å². The molecule has 0 aromatic carbocycles. The van der Waals surface area contributed by atoms with E-state index < -0.39 is 0 Å². The molecule has 1 aliphatic carbocycles. The van der Waals surface area contributed by atoms with Crippen molar-refractivity contribution in [1.82, 2.24) is 9.55 Å². The standard InChI is InChI=1S/C16H19IN2/c1-10-9-19-13(16(2,3)4)8-18-15(19)11-6-5-7-12(17)14(10)11/h5-9,12,14H,1-4H3. The van der Waals surface area contributed by atoms with Crippen molar-refractivity contribution >= 4 is 34.4 Å². The minimum absolute atomic E-state index is 0.115. The average molecular weight is 366 g/mol. The van der Waals surface area contributed by atoms with Gasteiger partial charge in [-0.15, -0.1) is 0 Å². The van der Waals surface area contributed by atoms with Crippen molar-refractivity contribution in [2.75, 3.05) is 0 Å². The molecule has 0 radical (unpaired) electrons. The monoisotopic (exact) mass is 366 g/mol. The molecule has 1 aromatic rings. The lowest BCUT2D eigenvalue weighted by Crippen LogP contribution is -2.25. The van der Waals surface area contributed by atoms with Crippen molar-refractivity contribution in [2.24, 2.45) is 5.92 Å². The molecule has 0 N–H and O–H groups in total. The highest BCUT2D eigenvalue weighted by atomic mass is 127. The van der Waals surface area contributed by atoms with Gasteiger partial charge in [0.15, 0.2) is 0 Å². The quantitative estimate of drug-likeness (QED) is 0.491. The predicted molar refractivity (Wildman–Crippen MR) is 89.3 cm³/mol. The van der Waals surface area contributed by atoms with E-state index in [4.69, 9.17) is 0 Å². The molecule has 0 amide bonds. The topological polar surface area (TPSA) is 17.8 Å². The zero-order valence-electron chi connectivity index (χ0n) is 11.8. The molecule has 1 aromatic heterocycles. The molecular formula is C16H19IN2. The van der Waals surface area contributed by atoms with Gasteiger partial charge < -0.3 is 4.57 Å². The molecule has 100 valence electrons. The number of allylic oxidation sites excluding steroid dienone is 5. The Morgan fingerprint density at radius 2 is 2.05 bits per heavy atom. The third-order valence-corrected chi connectivity index (χ3v) is 5.01. The normalized spacial score (nSPS) is 25.5. The molecule has 2 nitrogen and oxygen atoms in total. The molecule has 2 heterocycles. The van der Waals surface area contributed by atoms with E-state index in [-0.39, 0.29) is 5.41 Å². The number of hydrogen-bond acceptors (Lipinski definition) is 1. The summed E-state index contributed by atoms with van der Waals surface area (Å²) in [5, 5.41) is 0. The smallest absolute Gasteiger partial charge is 0.140 e. The molecule has 2 atom stereocenters. The van der Waals surface area contributed by atoms with Gasteiger partial charge in [-0.1, -0.05) is 61.6 Å². The van der Waals surface area contributed by atoms with Gasteiger partial charge in [-0.05, 0) is 12.5 Å². The molecule has 2 aliphatic rings. The van der Waals surface area contributed by atoms with Gasteiger partial charge in [0.25, 0.3) is 0 Å². The number of halogens is 1. The summed E-state index contributed by atoms with van der Waals surface area (Å²) < 4.78 is 2.80. The van der Waals surface area contributed by atoms with Crippen LogP contribution < -0.4 is 0 Å². The highest BCUT2D eigenvalue weighted by molar-refractivity contribution is 14.1. The van der Waals surface area contributed by atoms with E-state index in [0.29, 0.717) is 9.84 Å². The maximum absolute atomic E-state index is 4.69. The second-order valence-electron chi connectivity index (χ2n) is 6.39. The molecule has 3 heteroatoms. The van der Waals surface area contributed by atoms with Gasteiger partial charge in [0, 0.05) is 38.9 Å². The fourth-order valence-corrected chi connectivity index (χ4v) is 4.10. The van der Waals surface area contributed by atoms with Gasteiger partial charge in [-0.25, -0.2) is 4.98 Å². The van der Waals surface area contributed by atoms with E-state index >= 15 is 0 Å². The van der Waals surface area contributed by atoms with Crippen molar-refractivity contribution in [2.45, 2.75) is 37.0 Å². The van der Waals surface area contributed by atoms with Crippen molar-refractivity contribution in [3.8, 4) is 0 Å². The first-order valence-corrected chi connectivity index (χ1v) is 7.93. The minimum Gasteiger partial charge on any atom is -0.303 e. The van der Waals surface area contributed by atoms with E-state index in [9.17, 15) is 0 Å². The van der Waals surface area contributed by atoms with Crippen LogP contribution in [0.4, 0.5) is 0 Å². The second-order valence-corrected chi connectivity index (χ2v) is 7.83. The molecule has 0 spiro atoms. The average Bonchev–Trinajstić information content (AvgIpc) is 2.72. The van der Waals surface area contributed by atoms with Crippen molar-refractivity contribution in [3.05, 3.63) is 41.5 Å². The number of nitrogens with zero attached hydrogens (tertiary/aromatic N) is 2. The summed E-state index contributed by atoms with van der Waals surface area (Å²) >= 11 is 2.52. The first kappa shape index (κ1) is 13.2. The molecule has 0 saturated heterocycles. The Kier molecular flexibility index (Phi) is 3.00. The second kappa shape index (κ2) is 4.33. The van der Waals surface area contributed by atoms with Crippen LogP contribution in [0.5, 0.6) is 0 Å². The third-order valence-electron chi connectivity index (χ3n) is 3.87. The molecule has 0 saturated carbocycles. The summed E-state index contributed by atoms with van der Waals surface area (Å²) in [5.74, 6) is 1.60. The van der Waals surface area contributed by atoms with Gasteiger partial charge in [0.1, 0.15) is 5.82 Å². The van der Waals surface area contributed by atoms with Crippen molar-refractivity contribution < 1.29 is 0 Å². The summed E-state index contributed by atoms with van der Waals surface area (Å²) in [4.78, 5) is 4.69. The lowest BCUT2D eigenvalue weighted by Gasteiger charge is -2.32. The number of alkyl halides is 1. The third kappa shape index (κ3) is 2.02. The number of hydrogen-bond donors (Lipinski definition) is 0. The molecule has 0 fully saturated rings. The van der Waals surface area contributed by atoms with Crippen LogP contribution in [0.3, 0.4) is 0 Å². The molecular weight excluding hydrogens is 347 g/mol. The van der Waals surface area contributed by atoms with Crippen LogP contribution in [0, 0.1) is 5.92 Å². The van der Waals surface area contributed by atoms with Gasteiger partial charge >= 0.3 is 0 Å². The Bertz CT molecular complexity index is 611. The number of aromatic nitrogens is 2. The maximum Gasteiger partial charge on any atom is 0.140 e. The maximum atomic E-state index is 4.69. The molecule has 19 heavy (non-hydrogen) atoms. The Morgan fingerprint density at radius 1 is 1.32 bits per heavy atom. The SMILES string of the molecule is CC1=Cn2c(C(C)(C)C)cnc2C2=CC=CC(I)C12. The molecule has 2 unspecified atom stereocenters. The number of fused-ring (bicyclic) bond motifs is 3. The Hall–Kier alpha value is -0.840. The van der Waals surface area contributed by atoms with E-state index in [0.717, 1.165) is 5.82 Å². The van der Waals surface area contributed by atoms with Gasteiger partial charge in [0.2, 0.25) is 0 Å². The zero-order chi connectivity index (χ0) is 13.8. The highest BCUT2D eigenvalue weighted by Gasteiger charge is 2.33. The number of rotatable bonds is 0. The zero-order valence-corrected chi connectivity index (χ0v) is 14.0. The van der Waals surface area contributed by atoms with Crippen LogP contribution >= 0.6 is 22.6 Å². The first-order chi connectivity index (χ1) is 8.89. The lowest BCUT2D eigenvalue weighted by molar-refractivity contribution is 0.557. The summed E-state index contributed by atoms with van der Waals surface area (Å²) in [6.07, 6.45) is 11.0. The summed E-state index contributed by atoms with van der Waals surface area (Å²) in [6, 6.07) is 0. The highest BCUT2D eigenvalue weighted by Crippen LogP contribution is 2.42. The fraction of sp³-hybridized carbons (Fsp3) is 0.438.